The van der Waals surface area contributed by atoms with Crippen molar-refractivity contribution in [3.8, 4) is 5.69 Å². The number of anilines is 1. The summed E-state index contributed by atoms with van der Waals surface area (Å²) in [6.07, 6.45) is 3.75. The molecule has 1 saturated heterocycles. The molecular formula is C16H17FN4O3. The molecule has 1 atom stereocenters. The Labute approximate surface area is 137 Å². The first-order valence-corrected chi connectivity index (χ1v) is 7.54. The molecule has 2 N–H and O–H groups in total. The minimum atomic E-state index is -0.907. The highest BCUT2D eigenvalue weighted by Gasteiger charge is 2.30. The van der Waals surface area contributed by atoms with Gasteiger partial charge in [-0.15, -0.1) is 0 Å². The first-order valence-electron chi connectivity index (χ1n) is 7.54. The van der Waals surface area contributed by atoms with Gasteiger partial charge in [0.05, 0.1) is 12.1 Å². The molecule has 0 bridgehead atoms. The number of carbonyl (C=O) groups excluding carboxylic acids is 1. The predicted octanol–water partition coefficient (Wildman–Crippen LogP) is 2.26. The molecule has 126 valence electrons. The first kappa shape index (κ1) is 16.0. The molecule has 0 aliphatic carbocycles. The van der Waals surface area contributed by atoms with Crippen LogP contribution in [0.1, 0.15) is 12.0 Å². The van der Waals surface area contributed by atoms with Crippen LogP contribution < -0.4 is 5.32 Å². The molecule has 0 saturated carbocycles. The fraction of sp³-hybridized carbons (Fsp3) is 0.312. The summed E-state index contributed by atoms with van der Waals surface area (Å²) >= 11 is 0. The number of carboxylic acids is 1. The van der Waals surface area contributed by atoms with Gasteiger partial charge in [-0.3, -0.25) is 4.79 Å². The monoisotopic (exact) mass is 332 g/mol. The van der Waals surface area contributed by atoms with E-state index in [0.717, 1.165) is 5.56 Å². The van der Waals surface area contributed by atoms with Crippen molar-refractivity contribution in [1.29, 1.82) is 0 Å². The van der Waals surface area contributed by atoms with Gasteiger partial charge in [0.15, 0.2) is 5.82 Å². The second kappa shape index (κ2) is 6.31. The molecule has 2 heterocycles. The Morgan fingerprint density at radius 3 is 2.79 bits per heavy atom. The van der Waals surface area contributed by atoms with Gasteiger partial charge >= 0.3 is 12.0 Å². The molecule has 8 heteroatoms. The summed E-state index contributed by atoms with van der Waals surface area (Å²) in [5.74, 6) is -1.96. The van der Waals surface area contributed by atoms with E-state index in [1.807, 2.05) is 6.92 Å². The largest absolute Gasteiger partial charge is 0.481 e. The number of aromatic nitrogens is 2. The Balaban J connectivity index is 1.69. The van der Waals surface area contributed by atoms with Crippen molar-refractivity contribution in [1.82, 2.24) is 14.7 Å². The zero-order valence-corrected chi connectivity index (χ0v) is 13.1. The molecule has 1 aromatic heterocycles. The summed E-state index contributed by atoms with van der Waals surface area (Å²) in [6.45, 7) is 2.39. The third kappa shape index (κ3) is 3.22. The van der Waals surface area contributed by atoms with E-state index in [4.69, 9.17) is 5.11 Å². The number of hydrogen-bond donors (Lipinski definition) is 2. The molecule has 2 amide bonds. The van der Waals surface area contributed by atoms with Gasteiger partial charge in [0.25, 0.3) is 0 Å². The Morgan fingerprint density at radius 1 is 1.42 bits per heavy atom. The van der Waals surface area contributed by atoms with Crippen LogP contribution in [0.5, 0.6) is 0 Å². The molecular weight excluding hydrogens is 315 g/mol. The minimum absolute atomic E-state index is 0.161. The number of urea groups is 1. The second-order valence-electron chi connectivity index (χ2n) is 5.83. The molecule has 24 heavy (non-hydrogen) atoms. The summed E-state index contributed by atoms with van der Waals surface area (Å²) in [6, 6.07) is 3.90. The fourth-order valence-electron chi connectivity index (χ4n) is 2.66. The molecule has 3 rings (SSSR count). The van der Waals surface area contributed by atoms with E-state index in [-0.39, 0.29) is 12.2 Å². The van der Waals surface area contributed by atoms with Crippen LogP contribution in [0.3, 0.4) is 0 Å². The van der Waals surface area contributed by atoms with Crippen molar-refractivity contribution in [3.63, 3.8) is 0 Å². The number of benzene rings is 1. The number of carbonyl (C=O) groups is 2. The number of carboxylic acid groups (broad SMARTS) is 1. The van der Waals surface area contributed by atoms with Gasteiger partial charge in [-0.25, -0.2) is 13.9 Å². The predicted molar refractivity (Wildman–Crippen MR) is 84.6 cm³/mol. The lowest BCUT2D eigenvalue weighted by Gasteiger charge is -2.17. The van der Waals surface area contributed by atoms with Gasteiger partial charge in [-0.2, -0.15) is 5.10 Å². The summed E-state index contributed by atoms with van der Waals surface area (Å²) in [5.41, 5.74) is 1.51. The number of amides is 2. The van der Waals surface area contributed by atoms with Crippen molar-refractivity contribution in [3.05, 3.63) is 42.0 Å². The van der Waals surface area contributed by atoms with E-state index < -0.39 is 23.7 Å². The van der Waals surface area contributed by atoms with Gasteiger partial charge in [0.2, 0.25) is 0 Å². The standard InChI is InChI=1S/C16H17FN4O3/c1-10-7-18-21(8-10)14-3-2-12(6-13(14)17)19-16(24)20-5-4-11(9-20)15(22)23/h2-3,6-8,11H,4-5,9H2,1H3,(H,19,24)(H,22,23). The summed E-state index contributed by atoms with van der Waals surface area (Å²) < 4.78 is 15.7. The fourth-order valence-corrected chi connectivity index (χ4v) is 2.66. The number of hydrogen-bond acceptors (Lipinski definition) is 3. The van der Waals surface area contributed by atoms with Gasteiger partial charge in [-0.05, 0) is 37.1 Å². The maximum absolute atomic E-state index is 14.2. The lowest BCUT2D eigenvalue weighted by atomic mass is 10.1. The molecule has 1 aliphatic rings. The summed E-state index contributed by atoms with van der Waals surface area (Å²) in [7, 11) is 0. The zero-order chi connectivity index (χ0) is 17.3. The molecule has 2 aromatic rings. The maximum Gasteiger partial charge on any atom is 0.321 e. The van der Waals surface area contributed by atoms with Crippen molar-refractivity contribution < 1.29 is 19.1 Å². The topological polar surface area (TPSA) is 87.5 Å². The van der Waals surface area contributed by atoms with E-state index in [1.165, 1.54) is 21.7 Å². The van der Waals surface area contributed by atoms with E-state index in [1.54, 1.807) is 18.5 Å². The average molecular weight is 332 g/mol. The van der Waals surface area contributed by atoms with E-state index in [2.05, 4.69) is 10.4 Å². The Bertz CT molecular complexity index is 789. The van der Waals surface area contributed by atoms with Crippen LogP contribution in [-0.2, 0) is 4.79 Å². The second-order valence-corrected chi connectivity index (χ2v) is 5.83. The van der Waals surface area contributed by atoms with Gasteiger partial charge in [-0.1, -0.05) is 0 Å². The number of nitrogens with one attached hydrogen (secondary N) is 1. The minimum Gasteiger partial charge on any atom is -0.481 e. The summed E-state index contributed by atoms with van der Waals surface area (Å²) in [4.78, 5) is 24.5. The number of halogens is 1. The number of aryl methyl sites for hydroxylation is 1. The lowest BCUT2D eigenvalue weighted by Crippen LogP contribution is -2.33. The quantitative estimate of drug-likeness (QED) is 0.902. The molecule has 0 spiro atoms. The molecule has 1 aromatic carbocycles. The number of likely N-dealkylation sites (tertiary alicyclic amines) is 1. The zero-order valence-electron chi connectivity index (χ0n) is 13.1. The Morgan fingerprint density at radius 2 is 2.21 bits per heavy atom. The average Bonchev–Trinajstić information content (AvgIpc) is 3.16. The lowest BCUT2D eigenvalue weighted by molar-refractivity contribution is -0.141. The van der Waals surface area contributed by atoms with Gasteiger partial charge < -0.3 is 15.3 Å². The summed E-state index contributed by atoms with van der Waals surface area (Å²) in [5, 5.41) is 15.6. The smallest absolute Gasteiger partial charge is 0.321 e. The van der Waals surface area contributed by atoms with Gasteiger partial charge in [0.1, 0.15) is 5.69 Å². The molecule has 7 nitrogen and oxygen atoms in total. The van der Waals surface area contributed by atoms with Crippen LogP contribution in [0, 0.1) is 18.7 Å². The van der Waals surface area contributed by atoms with Gasteiger partial charge in [0, 0.05) is 25.0 Å². The van der Waals surface area contributed by atoms with Crippen molar-refractivity contribution in [2.24, 2.45) is 5.92 Å². The Kier molecular flexibility index (Phi) is 4.20. The molecule has 0 radical (unpaired) electrons. The van der Waals surface area contributed by atoms with Crippen molar-refractivity contribution in [2.45, 2.75) is 13.3 Å². The maximum atomic E-state index is 14.2. The third-order valence-electron chi connectivity index (χ3n) is 3.98. The highest BCUT2D eigenvalue weighted by atomic mass is 19.1. The van der Waals surface area contributed by atoms with Crippen LogP contribution in [0.25, 0.3) is 5.69 Å². The van der Waals surface area contributed by atoms with Crippen LogP contribution >= 0.6 is 0 Å². The van der Waals surface area contributed by atoms with Crippen molar-refractivity contribution >= 4 is 17.7 Å². The van der Waals surface area contributed by atoms with Crippen molar-refractivity contribution in [2.75, 3.05) is 18.4 Å². The van der Waals surface area contributed by atoms with Crippen LogP contribution in [0.15, 0.2) is 30.6 Å². The van der Waals surface area contributed by atoms with Crippen LogP contribution in [0.4, 0.5) is 14.9 Å². The Hall–Kier alpha value is -2.90. The SMILES string of the molecule is Cc1cnn(-c2ccc(NC(=O)N3CCC(C(=O)O)C3)cc2F)c1. The third-order valence-corrected chi connectivity index (χ3v) is 3.98. The van der Waals surface area contributed by atoms with E-state index in [0.29, 0.717) is 18.7 Å². The van der Waals surface area contributed by atoms with Crippen LogP contribution in [0.2, 0.25) is 0 Å². The highest BCUT2D eigenvalue weighted by molar-refractivity contribution is 5.90. The number of aliphatic carboxylic acids is 1. The van der Waals surface area contributed by atoms with E-state index in [9.17, 15) is 14.0 Å². The first-order chi connectivity index (χ1) is 11.4. The molecule has 1 fully saturated rings. The highest BCUT2D eigenvalue weighted by Crippen LogP contribution is 2.21. The molecule has 1 aliphatic heterocycles. The molecule has 1 unspecified atom stereocenters. The number of nitrogens with zero attached hydrogens (tertiary/aromatic N) is 3. The van der Waals surface area contributed by atoms with Crippen LogP contribution in [-0.4, -0.2) is 44.9 Å². The van der Waals surface area contributed by atoms with E-state index >= 15 is 0 Å². The number of rotatable bonds is 3. The normalized spacial score (nSPS) is 17.1.